The molecule has 6 nitrogen and oxygen atoms in total. The average molecular weight is 255 g/mol. The van der Waals surface area contributed by atoms with E-state index >= 15 is 0 Å². The van der Waals surface area contributed by atoms with Gasteiger partial charge in [0, 0.05) is 20.1 Å². The van der Waals surface area contributed by atoms with Crippen LogP contribution in [0.2, 0.25) is 5.28 Å². The van der Waals surface area contributed by atoms with E-state index in [1.165, 1.54) is 0 Å². The average Bonchev–Trinajstić information content (AvgIpc) is 2.28. The molecule has 0 aliphatic rings. The monoisotopic (exact) mass is 254 g/mol. The second-order valence-corrected chi connectivity index (χ2v) is 4.01. The van der Waals surface area contributed by atoms with Crippen molar-refractivity contribution in [3.05, 3.63) is 5.28 Å². The van der Waals surface area contributed by atoms with Crippen LogP contribution >= 0.6 is 11.6 Å². The van der Waals surface area contributed by atoms with Gasteiger partial charge in [-0.3, -0.25) is 0 Å². The lowest BCUT2D eigenvalue weighted by Crippen LogP contribution is -2.25. The highest BCUT2D eigenvalue weighted by Crippen LogP contribution is 2.13. The quantitative estimate of drug-likeness (QED) is 0.859. The van der Waals surface area contributed by atoms with Crippen molar-refractivity contribution in [2.24, 2.45) is 5.92 Å². The molecule has 0 spiro atoms. The number of nitrogens with one attached hydrogen (secondary N) is 1. The lowest BCUT2D eigenvalue weighted by molar-refractivity contribution is 0.700. The minimum atomic E-state index is -0.0990. The van der Waals surface area contributed by atoms with Crippen LogP contribution < -0.4 is 10.2 Å². The molecule has 1 rings (SSSR count). The van der Waals surface area contributed by atoms with E-state index in [1.807, 2.05) is 20.9 Å². The largest absolute Gasteiger partial charge is 0.354 e. The molecule has 7 heteroatoms. The zero-order chi connectivity index (χ0) is 12.8. The zero-order valence-corrected chi connectivity index (χ0v) is 10.9. The summed E-state index contributed by atoms with van der Waals surface area (Å²) < 4.78 is 0. The first-order valence-corrected chi connectivity index (χ1v) is 5.70. The molecule has 0 amide bonds. The Kier molecular flexibility index (Phi) is 4.91. The van der Waals surface area contributed by atoms with Crippen LogP contribution in [0.1, 0.15) is 13.8 Å². The minimum absolute atomic E-state index is 0.0990. The van der Waals surface area contributed by atoms with Crippen molar-refractivity contribution >= 4 is 23.5 Å². The number of aromatic nitrogens is 3. The van der Waals surface area contributed by atoms with Gasteiger partial charge in [-0.25, -0.2) is 0 Å². The summed E-state index contributed by atoms with van der Waals surface area (Å²) in [5, 5.41) is 11.9. The van der Waals surface area contributed by atoms with Gasteiger partial charge < -0.3 is 10.2 Å². The fourth-order valence-electron chi connectivity index (χ4n) is 1.28. The number of hydrogen-bond acceptors (Lipinski definition) is 6. The number of halogens is 1. The van der Waals surface area contributed by atoms with E-state index < -0.39 is 0 Å². The molecule has 0 saturated heterocycles. The van der Waals surface area contributed by atoms with Gasteiger partial charge in [-0.2, -0.15) is 20.2 Å². The molecule has 0 aromatic carbocycles. The maximum atomic E-state index is 8.76. The van der Waals surface area contributed by atoms with Crippen molar-refractivity contribution in [1.29, 1.82) is 5.26 Å². The maximum Gasteiger partial charge on any atom is 0.231 e. The third-order valence-corrected chi connectivity index (χ3v) is 2.21. The summed E-state index contributed by atoms with van der Waals surface area (Å²) in [7, 11) is 1.81. The lowest BCUT2D eigenvalue weighted by Gasteiger charge is -2.18. The van der Waals surface area contributed by atoms with Crippen LogP contribution in [0.4, 0.5) is 11.9 Å². The highest BCUT2D eigenvalue weighted by atomic mass is 35.5. The van der Waals surface area contributed by atoms with Gasteiger partial charge in [-0.15, -0.1) is 0 Å². The standard InChI is InChI=1S/C10H15ClN6/c1-4-13-9-14-8(11)15-10(16-9)17(3)6-7(2)5-12/h7H,4,6H2,1-3H3,(H,13,14,15,16). The minimum Gasteiger partial charge on any atom is -0.354 e. The summed E-state index contributed by atoms with van der Waals surface area (Å²) in [5.74, 6) is 0.806. The number of hydrogen-bond donors (Lipinski definition) is 1. The summed E-state index contributed by atoms with van der Waals surface area (Å²) >= 11 is 5.81. The molecule has 92 valence electrons. The van der Waals surface area contributed by atoms with E-state index in [4.69, 9.17) is 16.9 Å². The highest BCUT2D eigenvalue weighted by molar-refractivity contribution is 6.28. The summed E-state index contributed by atoms with van der Waals surface area (Å²) in [6.07, 6.45) is 0. The molecule has 1 atom stereocenters. The topological polar surface area (TPSA) is 77.7 Å². The normalized spacial score (nSPS) is 11.7. The molecule has 1 N–H and O–H groups in total. The van der Waals surface area contributed by atoms with Crippen molar-refractivity contribution in [3.63, 3.8) is 0 Å². The Balaban J connectivity index is 2.86. The Bertz CT molecular complexity index is 416. The SMILES string of the molecule is CCNc1nc(Cl)nc(N(C)CC(C)C#N)n1. The maximum absolute atomic E-state index is 8.76. The molecule has 1 aromatic heterocycles. The smallest absolute Gasteiger partial charge is 0.231 e. The summed E-state index contributed by atoms with van der Waals surface area (Å²) in [4.78, 5) is 14.0. The van der Waals surface area contributed by atoms with Gasteiger partial charge in [0.15, 0.2) is 0 Å². The van der Waals surface area contributed by atoms with Crippen LogP contribution in [0.15, 0.2) is 0 Å². The van der Waals surface area contributed by atoms with E-state index in [2.05, 4.69) is 26.3 Å². The van der Waals surface area contributed by atoms with E-state index in [1.54, 1.807) is 4.90 Å². The fourth-order valence-corrected chi connectivity index (χ4v) is 1.44. The van der Waals surface area contributed by atoms with Gasteiger partial charge in [0.05, 0.1) is 12.0 Å². The van der Waals surface area contributed by atoms with Crippen LogP contribution in [0.3, 0.4) is 0 Å². The second kappa shape index (κ2) is 6.21. The van der Waals surface area contributed by atoms with Crippen molar-refractivity contribution in [1.82, 2.24) is 15.0 Å². The molecule has 0 aliphatic carbocycles. The molecule has 1 unspecified atom stereocenters. The molecular weight excluding hydrogens is 240 g/mol. The van der Waals surface area contributed by atoms with E-state index in [0.717, 1.165) is 0 Å². The van der Waals surface area contributed by atoms with Crippen LogP contribution in [0, 0.1) is 17.2 Å². The first-order chi connectivity index (χ1) is 8.06. The van der Waals surface area contributed by atoms with Crippen LogP contribution in [0.25, 0.3) is 0 Å². The Labute approximate surface area is 106 Å². The van der Waals surface area contributed by atoms with Crippen LogP contribution in [0.5, 0.6) is 0 Å². The van der Waals surface area contributed by atoms with E-state index in [-0.39, 0.29) is 11.2 Å². The van der Waals surface area contributed by atoms with Gasteiger partial charge in [-0.05, 0) is 25.4 Å². The molecule has 1 aromatic rings. The summed E-state index contributed by atoms with van der Waals surface area (Å²) in [5.41, 5.74) is 0. The number of nitrogens with zero attached hydrogens (tertiary/aromatic N) is 5. The first kappa shape index (κ1) is 13.5. The van der Waals surface area contributed by atoms with E-state index in [0.29, 0.717) is 25.0 Å². The molecule has 0 aliphatic heterocycles. The lowest BCUT2D eigenvalue weighted by atomic mass is 10.2. The molecule has 0 radical (unpaired) electrons. The predicted octanol–water partition coefficient (Wildman–Crippen LogP) is 1.55. The molecule has 0 fully saturated rings. The zero-order valence-electron chi connectivity index (χ0n) is 10.1. The van der Waals surface area contributed by atoms with Gasteiger partial charge in [0.2, 0.25) is 17.2 Å². The Morgan fingerprint density at radius 1 is 1.47 bits per heavy atom. The van der Waals surface area contributed by atoms with Crippen LogP contribution in [-0.2, 0) is 0 Å². The first-order valence-electron chi connectivity index (χ1n) is 5.33. The Morgan fingerprint density at radius 3 is 2.76 bits per heavy atom. The van der Waals surface area contributed by atoms with Crippen molar-refractivity contribution in [2.75, 3.05) is 30.4 Å². The number of anilines is 2. The molecular formula is C10H15ClN6. The predicted molar refractivity (Wildman–Crippen MR) is 67.0 cm³/mol. The van der Waals surface area contributed by atoms with Crippen LogP contribution in [-0.4, -0.2) is 35.1 Å². The molecule has 1 heterocycles. The third kappa shape index (κ3) is 4.04. The Morgan fingerprint density at radius 2 is 2.18 bits per heavy atom. The molecule has 0 saturated carbocycles. The highest BCUT2D eigenvalue weighted by Gasteiger charge is 2.11. The van der Waals surface area contributed by atoms with Crippen molar-refractivity contribution < 1.29 is 0 Å². The number of nitriles is 1. The van der Waals surface area contributed by atoms with E-state index in [9.17, 15) is 0 Å². The molecule has 17 heavy (non-hydrogen) atoms. The fraction of sp³-hybridized carbons (Fsp3) is 0.600. The van der Waals surface area contributed by atoms with Gasteiger partial charge >= 0.3 is 0 Å². The second-order valence-electron chi connectivity index (χ2n) is 3.67. The molecule has 0 bridgehead atoms. The van der Waals surface area contributed by atoms with Crippen molar-refractivity contribution in [3.8, 4) is 6.07 Å². The van der Waals surface area contributed by atoms with Crippen molar-refractivity contribution in [2.45, 2.75) is 13.8 Å². The van der Waals surface area contributed by atoms with Gasteiger partial charge in [0.25, 0.3) is 0 Å². The summed E-state index contributed by atoms with van der Waals surface area (Å²) in [6, 6.07) is 2.16. The van der Waals surface area contributed by atoms with Gasteiger partial charge in [-0.1, -0.05) is 0 Å². The summed E-state index contributed by atoms with van der Waals surface area (Å²) in [6.45, 7) is 5.03. The van der Waals surface area contributed by atoms with Gasteiger partial charge in [0.1, 0.15) is 0 Å². The third-order valence-electron chi connectivity index (χ3n) is 2.04. The number of rotatable bonds is 5. The Hall–Kier alpha value is -1.61.